The molecule has 0 saturated carbocycles. The van der Waals surface area contributed by atoms with E-state index in [1.165, 1.54) is 6.07 Å². The third-order valence-electron chi connectivity index (χ3n) is 4.83. The maximum absolute atomic E-state index is 10.6. The smallest absolute Gasteiger partial charge is 0.167 e. The Labute approximate surface area is 180 Å². The van der Waals surface area contributed by atoms with Gasteiger partial charge in [0.15, 0.2) is 17.5 Å². The first-order valence-corrected chi connectivity index (χ1v) is 10.0. The minimum Gasteiger partial charge on any atom is -0.507 e. The normalized spacial score (nSPS) is 10.8. The molecular weight excluding hydrogens is 390 g/mol. The van der Waals surface area contributed by atoms with Crippen molar-refractivity contribution in [2.24, 2.45) is 0 Å². The molecule has 4 aromatic rings. The first kappa shape index (κ1) is 20.5. The van der Waals surface area contributed by atoms with Crippen LogP contribution < -0.4 is 4.74 Å². The van der Waals surface area contributed by atoms with Crippen LogP contribution in [0.15, 0.2) is 66.7 Å². The summed E-state index contributed by atoms with van der Waals surface area (Å²) < 4.78 is 5.37. The summed E-state index contributed by atoms with van der Waals surface area (Å²) in [5.74, 6) is 1.88. The van der Waals surface area contributed by atoms with Gasteiger partial charge < -0.3 is 14.9 Å². The van der Waals surface area contributed by atoms with Crippen LogP contribution in [0.3, 0.4) is 0 Å². The number of aromatic nitrogens is 3. The number of aliphatic hydroxyl groups is 1. The molecule has 0 radical (unpaired) electrons. The highest BCUT2D eigenvalue weighted by molar-refractivity contribution is 5.70. The zero-order valence-electron chi connectivity index (χ0n) is 17.4. The van der Waals surface area contributed by atoms with Gasteiger partial charge in [0.1, 0.15) is 18.1 Å². The molecule has 4 rings (SSSR count). The summed E-state index contributed by atoms with van der Waals surface area (Å²) in [4.78, 5) is 14.0. The molecule has 0 aliphatic heterocycles. The maximum atomic E-state index is 10.6. The minimum absolute atomic E-state index is 0.00801. The Bertz CT molecular complexity index is 1130. The van der Waals surface area contributed by atoms with Gasteiger partial charge in [-0.2, -0.15) is 0 Å². The van der Waals surface area contributed by atoms with Gasteiger partial charge in [-0.15, -0.1) is 0 Å². The zero-order valence-corrected chi connectivity index (χ0v) is 17.4. The Hall–Kier alpha value is -3.77. The maximum Gasteiger partial charge on any atom is 0.167 e. The van der Waals surface area contributed by atoms with Crippen LogP contribution in [0.25, 0.3) is 34.2 Å². The van der Waals surface area contributed by atoms with E-state index in [0.717, 1.165) is 22.3 Å². The lowest BCUT2D eigenvalue weighted by atomic mass is 10.1. The van der Waals surface area contributed by atoms with E-state index in [-0.39, 0.29) is 19.0 Å². The Balaban J connectivity index is 1.83. The van der Waals surface area contributed by atoms with Crippen LogP contribution in [0.1, 0.15) is 11.1 Å². The molecule has 0 aliphatic carbocycles. The largest absolute Gasteiger partial charge is 0.507 e. The van der Waals surface area contributed by atoms with E-state index >= 15 is 0 Å². The number of phenols is 1. The summed E-state index contributed by atoms with van der Waals surface area (Å²) in [7, 11) is 0. The van der Waals surface area contributed by atoms with Crippen molar-refractivity contribution in [3.8, 4) is 45.7 Å². The number of phenolic OH excluding ortho intramolecular Hbond substituents is 1. The molecule has 0 spiro atoms. The molecule has 0 aliphatic rings. The average Bonchev–Trinajstić information content (AvgIpc) is 2.78. The van der Waals surface area contributed by atoms with Crippen molar-refractivity contribution in [1.82, 2.24) is 15.0 Å². The number of ether oxygens (including phenoxy) is 1. The summed E-state index contributed by atoms with van der Waals surface area (Å²) in [6, 6.07) is 20.8. The minimum atomic E-state index is -0.101. The molecule has 6 nitrogen and oxygen atoms in total. The Morgan fingerprint density at radius 3 is 1.71 bits per heavy atom. The van der Waals surface area contributed by atoms with Crippen LogP contribution in [0, 0.1) is 13.8 Å². The van der Waals surface area contributed by atoms with Gasteiger partial charge >= 0.3 is 0 Å². The predicted molar refractivity (Wildman–Crippen MR) is 120 cm³/mol. The van der Waals surface area contributed by atoms with Gasteiger partial charge in [-0.1, -0.05) is 59.7 Å². The SMILES string of the molecule is Cc1ccc(-c2nc(-c3ccc(C)cc3)nc(-c3ccc(OCCO)cc3O)n2)cc1. The van der Waals surface area contributed by atoms with E-state index in [2.05, 4.69) is 9.97 Å². The van der Waals surface area contributed by atoms with Crippen LogP contribution in [0.5, 0.6) is 11.5 Å². The fourth-order valence-corrected chi connectivity index (χ4v) is 3.11. The Morgan fingerprint density at radius 1 is 0.710 bits per heavy atom. The third kappa shape index (κ3) is 4.70. The molecule has 0 bridgehead atoms. The summed E-state index contributed by atoms with van der Waals surface area (Å²) in [6.45, 7) is 4.10. The molecule has 156 valence electrons. The van der Waals surface area contributed by atoms with E-state index in [1.54, 1.807) is 12.1 Å². The number of hydrogen-bond donors (Lipinski definition) is 2. The number of hydrogen-bond acceptors (Lipinski definition) is 6. The van der Waals surface area contributed by atoms with Gasteiger partial charge in [0.25, 0.3) is 0 Å². The lowest BCUT2D eigenvalue weighted by Gasteiger charge is -2.11. The highest BCUT2D eigenvalue weighted by Crippen LogP contribution is 2.32. The standard InChI is InChI=1S/C25H23N3O3/c1-16-3-7-18(8-4-16)23-26-24(19-9-5-17(2)6-10-19)28-25(27-23)21-12-11-20(15-22(21)30)31-14-13-29/h3-12,15,29-30H,13-14H2,1-2H3. The van der Waals surface area contributed by atoms with Crippen molar-refractivity contribution in [2.75, 3.05) is 13.2 Å². The molecule has 0 unspecified atom stereocenters. The highest BCUT2D eigenvalue weighted by Gasteiger charge is 2.15. The second-order valence-electron chi connectivity index (χ2n) is 7.29. The second-order valence-corrected chi connectivity index (χ2v) is 7.29. The second kappa shape index (κ2) is 8.93. The van der Waals surface area contributed by atoms with Gasteiger partial charge in [-0.3, -0.25) is 0 Å². The molecule has 1 heterocycles. The number of aromatic hydroxyl groups is 1. The summed E-state index contributed by atoms with van der Waals surface area (Å²) in [5.41, 5.74) is 4.50. The molecule has 0 atom stereocenters. The van der Waals surface area contributed by atoms with E-state index in [0.29, 0.717) is 28.8 Å². The van der Waals surface area contributed by atoms with Crippen LogP contribution in [0.2, 0.25) is 0 Å². The first-order chi connectivity index (χ1) is 15.0. The molecule has 6 heteroatoms. The highest BCUT2D eigenvalue weighted by atomic mass is 16.5. The van der Waals surface area contributed by atoms with E-state index in [9.17, 15) is 5.11 Å². The fourth-order valence-electron chi connectivity index (χ4n) is 3.11. The van der Waals surface area contributed by atoms with E-state index in [4.69, 9.17) is 14.8 Å². The fraction of sp³-hybridized carbons (Fsp3) is 0.160. The molecule has 2 N–H and O–H groups in total. The summed E-state index contributed by atoms with van der Waals surface area (Å²) >= 11 is 0. The molecule has 3 aromatic carbocycles. The molecule has 31 heavy (non-hydrogen) atoms. The number of benzene rings is 3. The third-order valence-corrected chi connectivity index (χ3v) is 4.83. The van der Waals surface area contributed by atoms with Crippen LogP contribution >= 0.6 is 0 Å². The lowest BCUT2D eigenvalue weighted by molar-refractivity contribution is 0.201. The molecule has 0 saturated heterocycles. The van der Waals surface area contributed by atoms with Crippen molar-refractivity contribution in [1.29, 1.82) is 0 Å². The van der Waals surface area contributed by atoms with Gasteiger partial charge in [0.05, 0.1) is 12.2 Å². The predicted octanol–water partition coefficient (Wildman–Crippen LogP) is 4.57. The Kier molecular flexibility index (Phi) is 5.91. The van der Waals surface area contributed by atoms with Crippen LogP contribution in [-0.2, 0) is 0 Å². The van der Waals surface area contributed by atoms with Gasteiger partial charge in [0.2, 0.25) is 0 Å². The monoisotopic (exact) mass is 413 g/mol. The molecule has 1 aromatic heterocycles. The summed E-state index contributed by atoms with van der Waals surface area (Å²) in [6.07, 6.45) is 0. The van der Waals surface area contributed by atoms with Crippen molar-refractivity contribution in [2.45, 2.75) is 13.8 Å². The van der Waals surface area contributed by atoms with Gasteiger partial charge in [-0.05, 0) is 26.0 Å². The van der Waals surface area contributed by atoms with E-state index < -0.39 is 0 Å². The number of rotatable bonds is 6. The average molecular weight is 413 g/mol. The molecular formula is C25H23N3O3. The van der Waals surface area contributed by atoms with E-state index in [1.807, 2.05) is 62.4 Å². The summed E-state index contributed by atoms with van der Waals surface area (Å²) in [5, 5.41) is 19.5. The first-order valence-electron chi connectivity index (χ1n) is 10.0. The Morgan fingerprint density at radius 2 is 1.23 bits per heavy atom. The van der Waals surface area contributed by atoms with Crippen molar-refractivity contribution < 1.29 is 14.9 Å². The van der Waals surface area contributed by atoms with Crippen molar-refractivity contribution in [3.63, 3.8) is 0 Å². The van der Waals surface area contributed by atoms with Gasteiger partial charge in [-0.25, -0.2) is 15.0 Å². The number of aliphatic hydroxyl groups excluding tert-OH is 1. The quantitative estimate of drug-likeness (QED) is 0.482. The van der Waals surface area contributed by atoms with Crippen LogP contribution in [0.4, 0.5) is 0 Å². The van der Waals surface area contributed by atoms with Crippen molar-refractivity contribution >= 4 is 0 Å². The van der Waals surface area contributed by atoms with Gasteiger partial charge in [0, 0.05) is 17.2 Å². The van der Waals surface area contributed by atoms with Crippen LogP contribution in [-0.4, -0.2) is 38.4 Å². The molecule has 0 amide bonds. The van der Waals surface area contributed by atoms with Crippen molar-refractivity contribution in [3.05, 3.63) is 77.9 Å². The topological polar surface area (TPSA) is 88.4 Å². The number of aryl methyl sites for hydroxylation is 2. The number of nitrogens with zero attached hydrogens (tertiary/aromatic N) is 3. The molecule has 0 fully saturated rings. The lowest BCUT2D eigenvalue weighted by Crippen LogP contribution is -2.02. The zero-order chi connectivity index (χ0) is 21.8.